The van der Waals surface area contributed by atoms with Crippen LogP contribution in [0.3, 0.4) is 0 Å². The van der Waals surface area contributed by atoms with Gasteiger partial charge in [0, 0.05) is 25.1 Å². The summed E-state index contributed by atoms with van der Waals surface area (Å²) in [6.07, 6.45) is 0.630. The van der Waals surface area contributed by atoms with E-state index >= 15 is 0 Å². The number of esters is 1. The molecule has 0 unspecified atom stereocenters. The normalized spacial score (nSPS) is 10.9. The summed E-state index contributed by atoms with van der Waals surface area (Å²) in [6.45, 7) is 0.916. The van der Waals surface area contributed by atoms with Crippen molar-refractivity contribution < 1.29 is 19.1 Å². The fourth-order valence-electron chi connectivity index (χ4n) is 3.61. The van der Waals surface area contributed by atoms with Crippen LogP contribution >= 0.6 is 23.1 Å². The predicted molar refractivity (Wildman–Crippen MR) is 143 cm³/mol. The SMILES string of the molecule is COCCCn1c(SCC(=O)Nc2ccccc2C(=O)OC)nc2sc(-c3ccccc3)cc2c1=O. The average molecular weight is 524 g/mol. The highest BCUT2D eigenvalue weighted by Crippen LogP contribution is 2.32. The first-order chi connectivity index (χ1) is 17.5. The van der Waals surface area contributed by atoms with Crippen molar-refractivity contribution in [3.8, 4) is 10.4 Å². The molecule has 0 atom stereocenters. The number of hydrogen-bond acceptors (Lipinski definition) is 8. The van der Waals surface area contributed by atoms with Crippen LogP contribution in [0.1, 0.15) is 16.8 Å². The summed E-state index contributed by atoms with van der Waals surface area (Å²) in [7, 11) is 2.90. The molecule has 0 saturated heterocycles. The van der Waals surface area contributed by atoms with E-state index in [4.69, 9.17) is 14.5 Å². The number of fused-ring (bicyclic) bond motifs is 1. The van der Waals surface area contributed by atoms with Gasteiger partial charge in [0.1, 0.15) is 4.83 Å². The number of nitrogens with zero attached hydrogens (tertiary/aromatic N) is 2. The van der Waals surface area contributed by atoms with Gasteiger partial charge in [0.15, 0.2) is 5.16 Å². The third kappa shape index (κ3) is 5.84. The lowest BCUT2D eigenvalue weighted by Crippen LogP contribution is -2.24. The van der Waals surface area contributed by atoms with E-state index in [0.29, 0.717) is 40.6 Å². The van der Waals surface area contributed by atoms with E-state index in [1.807, 2.05) is 36.4 Å². The second kappa shape index (κ2) is 12.0. The maximum absolute atomic E-state index is 13.4. The molecular weight excluding hydrogens is 498 g/mol. The van der Waals surface area contributed by atoms with E-state index in [1.165, 1.54) is 30.2 Å². The summed E-state index contributed by atoms with van der Waals surface area (Å²) in [5.74, 6) is -0.857. The molecule has 36 heavy (non-hydrogen) atoms. The number of anilines is 1. The molecule has 0 aliphatic carbocycles. The van der Waals surface area contributed by atoms with Gasteiger partial charge < -0.3 is 14.8 Å². The molecule has 1 N–H and O–H groups in total. The summed E-state index contributed by atoms with van der Waals surface area (Å²) < 4.78 is 11.5. The third-order valence-electron chi connectivity index (χ3n) is 5.34. The van der Waals surface area contributed by atoms with Gasteiger partial charge in [-0.1, -0.05) is 54.2 Å². The molecule has 10 heteroatoms. The predicted octanol–water partition coefficient (Wildman–Crippen LogP) is 4.68. The molecule has 8 nitrogen and oxygen atoms in total. The summed E-state index contributed by atoms with van der Waals surface area (Å²) in [6, 6.07) is 18.3. The van der Waals surface area contributed by atoms with Crippen LogP contribution in [0.5, 0.6) is 0 Å². The van der Waals surface area contributed by atoms with Crippen molar-refractivity contribution in [3.05, 3.63) is 76.6 Å². The quantitative estimate of drug-likeness (QED) is 0.139. The highest BCUT2D eigenvalue weighted by molar-refractivity contribution is 7.99. The number of benzene rings is 2. The molecule has 0 spiro atoms. The van der Waals surface area contributed by atoms with Gasteiger partial charge in [-0.3, -0.25) is 14.2 Å². The summed E-state index contributed by atoms with van der Waals surface area (Å²) >= 11 is 2.62. The first-order valence-corrected chi connectivity index (χ1v) is 13.0. The monoisotopic (exact) mass is 523 g/mol. The molecule has 1 amide bonds. The first-order valence-electron chi connectivity index (χ1n) is 11.2. The Hall–Kier alpha value is -3.47. The topological polar surface area (TPSA) is 99.5 Å². The van der Waals surface area contributed by atoms with Crippen molar-refractivity contribution in [3.63, 3.8) is 0 Å². The summed E-state index contributed by atoms with van der Waals surface area (Å²) in [5.41, 5.74) is 1.50. The lowest BCUT2D eigenvalue weighted by Gasteiger charge is -2.12. The van der Waals surface area contributed by atoms with E-state index in [9.17, 15) is 14.4 Å². The van der Waals surface area contributed by atoms with E-state index in [1.54, 1.807) is 35.9 Å². The molecule has 0 aliphatic heterocycles. The van der Waals surface area contributed by atoms with Crippen molar-refractivity contribution in [1.82, 2.24) is 9.55 Å². The van der Waals surface area contributed by atoms with Crippen molar-refractivity contribution >= 4 is 50.9 Å². The van der Waals surface area contributed by atoms with E-state index in [2.05, 4.69) is 5.32 Å². The zero-order valence-corrected chi connectivity index (χ0v) is 21.5. The van der Waals surface area contributed by atoms with Crippen molar-refractivity contribution in [2.75, 3.05) is 31.9 Å². The summed E-state index contributed by atoms with van der Waals surface area (Å²) in [4.78, 5) is 44.5. The van der Waals surface area contributed by atoms with Gasteiger partial charge in [0.05, 0.1) is 29.5 Å². The van der Waals surface area contributed by atoms with E-state index in [-0.39, 0.29) is 22.8 Å². The van der Waals surface area contributed by atoms with Crippen LogP contribution in [0.15, 0.2) is 70.6 Å². The number of amides is 1. The number of thiophene rings is 1. The number of carbonyl (C=O) groups excluding carboxylic acids is 2. The van der Waals surface area contributed by atoms with Gasteiger partial charge in [-0.05, 0) is 30.2 Å². The molecule has 0 radical (unpaired) electrons. The number of carbonyl (C=O) groups is 2. The van der Waals surface area contributed by atoms with Crippen molar-refractivity contribution in [2.24, 2.45) is 0 Å². The molecule has 4 rings (SSSR count). The van der Waals surface area contributed by atoms with Crippen molar-refractivity contribution in [2.45, 2.75) is 18.1 Å². The molecule has 186 valence electrons. The van der Waals surface area contributed by atoms with Crippen molar-refractivity contribution in [1.29, 1.82) is 0 Å². The van der Waals surface area contributed by atoms with Crippen LogP contribution in [0.25, 0.3) is 20.7 Å². The van der Waals surface area contributed by atoms with Gasteiger partial charge >= 0.3 is 5.97 Å². The van der Waals surface area contributed by atoms with Crippen LogP contribution in [-0.4, -0.2) is 48.0 Å². The van der Waals surface area contributed by atoms with Gasteiger partial charge in [0.2, 0.25) is 5.91 Å². The van der Waals surface area contributed by atoms with E-state index < -0.39 is 5.97 Å². The van der Waals surface area contributed by atoms with Gasteiger partial charge in [-0.15, -0.1) is 11.3 Å². The molecule has 2 aromatic heterocycles. The van der Waals surface area contributed by atoms with Crippen LogP contribution in [-0.2, 0) is 20.8 Å². The number of hydrogen-bond donors (Lipinski definition) is 1. The Balaban J connectivity index is 1.60. The highest BCUT2D eigenvalue weighted by Gasteiger charge is 2.18. The zero-order chi connectivity index (χ0) is 25.5. The van der Waals surface area contributed by atoms with Crippen LogP contribution in [0, 0.1) is 0 Å². The molecule has 0 aliphatic rings. The number of aromatic nitrogens is 2. The third-order valence-corrected chi connectivity index (χ3v) is 7.40. The minimum Gasteiger partial charge on any atom is -0.465 e. The lowest BCUT2D eigenvalue weighted by atomic mass is 10.2. The lowest BCUT2D eigenvalue weighted by molar-refractivity contribution is -0.113. The largest absolute Gasteiger partial charge is 0.465 e. The molecule has 2 heterocycles. The Labute approximate surface area is 216 Å². The molecule has 2 aromatic carbocycles. The van der Waals surface area contributed by atoms with Crippen LogP contribution in [0.2, 0.25) is 0 Å². The Bertz CT molecular complexity index is 1430. The Kier molecular flexibility index (Phi) is 8.52. The number of methoxy groups -OCH3 is 2. The van der Waals surface area contributed by atoms with E-state index in [0.717, 1.165) is 10.4 Å². The van der Waals surface area contributed by atoms with Gasteiger partial charge in [-0.25, -0.2) is 9.78 Å². The van der Waals surface area contributed by atoms with Gasteiger partial charge in [-0.2, -0.15) is 0 Å². The Morgan fingerprint density at radius 1 is 1.08 bits per heavy atom. The first kappa shape index (κ1) is 25.6. The molecular formula is C26H25N3O5S2. The fourth-order valence-corrected chi connectivity index (χ4v) is 5.52. The minimum atomic E-state index is -0.537. The summed E-state index contributed by atoms with van der Waals surface area (Å²) in [5, 5.41) is 3.76. The molecule has 0 saturated carbocycles. The number of ether oxygens (including phenoxy) is 2. The molecule has 0 bridgehead atoms. The number of nitrogens with one attached hydrogen (secondary N) is 1. The smallest absolute Gasteiger partial charge is 0.339 e. The maximum atomic E-state index is 13.4. The Morgan fingerprint density at radius 3 is 2.58 bits per heavy atom. The number of thioether (sulfide) groups is 1. The standard InChI is InChI=1S/C26H25N3O5S2/c1-33-14-8-13-29-24(31)19-15-21(17-9-4-3-5-10-17)36-23(19)28-26(29)35-16-22(30)27-20-12-7-6-11-18(20)25(32)34-2/h3-7,9-12,15H,8,13-14,16H2,1-2H3,(H,27,30). The Morgan fingerprint density at radius 2 is 1.83 bits per heavy atom. The highest BCUT2D eigenvalue weighted by atomic mass is 32.2. The molecule has 4 aromatic rings. The average Bonchev–Trinajstić information content (AvgIpc) is 3.34. The fraction of sp³-hybridized carbons (Fsp3) is 0.231. The van der Waals surface area contributed by atoms with Crippen LogP contribution in [0.4, 0.5) is 5.69 Å². The minimum absolute atomic E-state index is 0.00858. The van der Waals surface area contributed by atoms with Gasteiger partial charge in [0.25, 0.3) is 5.56 Å². The maximum Gasteiger partial charge on any atom is 0.339 e. The number of para-hydroxylation sites is 1. The second-order valence-electron chi connectivity index (χ2n) is 7.77. The zero-order valence-electron chi connectivity index (χ0n) is 19.9. The second-order valence-corrected chi connectivity index (χ2v) is 9.74. The number of rotatable bonds is 10. The van der Waals surface area contributed by atoms with Crippen LogP contribution < -0.4 is 10.9 Å². The molecule has 0 fully saturated rings.